The zero-order valence-electron chi connectivity index (χ0n) is 12.8. The topological polar surface area (TPSA) is 92.3 Å². The van der Waals surface area contributed by atoms with Gasteiger partial charge in [0.2, 0.25) is 0 Å². The van der Waals surface area contributed by atoms with Crippen LogP contribution in [0.5, 0.6) is 0 Å². The summed E-state index contributed by atoms with van der Waals surface area (Å²) < 4.78 is 47.0. The van der Waals surface area contributed by atoms with E-state index in [1.165, 1.54) is 0 Å². The van der Waals surface area contributed by atoms with Gasteiger partial charge in [-0.3, -0.25) is 4.18 Å². The predicted octanol–water partition coefficient (Wildman–Crippen LogP) is -0.752. The molecule has 0 aromatic heterocycles. The first kappa shape index (κ1) is 20.7. The summed E-state index contributed by atoms with van der Waals surface area (Å²) in [5, 5.41) is 2.95. The fraction of sp³-hybridized carbons (Fsp3) is 1.00. The lowest BCUT2D eigenvalue weighted by Gasteiger charge is -2.07. The molecule has 0 bridgehead atoms. The molecule has 9 heteroatoms. The van der Waals surface area contributed by atoms with Crippen LogP contribution in [0.1, 0.15) is 0 Å². The van der Waals surface area contributed by atoms with Gasteiger partial charge in [0, 0.05) is 20.2 Å². The van der Waals surface area contributed by atoms with Gasteiger partial charge in [-0.1, -0.05) is 0 Å². The van der Waals surface area contributed by atoms with Crippen LogP contribution >= 0.6 is 0 Å². The Kier molecular flexibility index (Phi) is 14.4. The van der Waals surface area contributed by atoms with E-state index in [1.807, 2.05) is 0 Å². The van der Waals surface area contributed by atoms with Gasteiger partial charge in [-0.05, 0) is 0 Å². The molecule has 0 atom stereocenters. The second-order valence-electron chi connectivity index (χ2n) is 4.01. The summed E-state index contributed by atoms with van der Waals surface area (Å²) in [6, 6.07) is 0. The molecule has 0 amide bonds. The number of hydrogen-bond acceptors (Lipinski definition) is 8. The van der Waals surface area contributed by atoms with Crippen LogP contribution in [-0.4, -0.2) is 87.7 Å². The van der Waals surface area contributed by atoms with E-state index >= 15 is 0 Å². The highest BCUT2D eigenvalue weighted by Crippen LogP contribution is 1.87. The van der Waals surface area contributed by atoms with Crippen molar-refractivity contribution in [3.05, 3.63) is 0 Å². The predicted molar refractivity (Wildman–Crippen MR) is 78.0 cm³/mol. The number of rotatable bonds is 16. The van der Waals surface area contributed by atoms with Crippen LogP contribution in [-0.2, 0) is 33.2 Å². The molecule has 0 spiro atoms. The second kappa shape index (κ2) is 14.6. The van der Waals surface area contributed by atoms with Gasteiger partial charge in [0.15, 0.2) is 0 Å². The van der Waals surface area contributed by atoms with Crippen molar-refractivity contribution in [3.63, 3.8) is 0 Å². The summed E-state index contributed by atoms with van der Waals surface area (Å²) in [6.45, 7) is 4.65. The third-order valence-electron chi connectivity index (χ3n) is 2.38. The lowest BCUT2D eigenvalue weighted by Crippen LogP contribution is -2.27. The Morgan fingerprint density at radius 1 is 0.762 bits per heavy atom. The molecule has 0 aliphatic heterocycles. The van der Waals surface area contributed by atoms with Gasteiger partial charge in [-0.2, -0.15) is 8.42 Å². The highest BCUT2D eigenvalue weighted by molar-refractivity contribution is 7.86. The average Bonchev–Trinajstić information content (AvgIpc) is 2.47. The molecule has 0 rings (SSSR count). The maximum Gasteiger partial charge on any atom is 0.268 e. The van der Waals surface area contributed by atoms with Crippen LogP contribution in [0.15, 0.2) is 0 Å². The van der Waals surface area contributed by atoms with Crippen molar-refractivity contribution < 1.29 is 31.5 Å². The molecular formula is C12H27NO7S. The molecule has 0 heterocycles. The molecule has 1 N–H and O–H groups in total. The van der Waals surface area contributed by atoms with Crippen molar-refractivity contribution >= 4 is 10.1 Å². The van der Waals surface area contributed by atoms with E-state index in [0.717, 1.165) is 7.11 Å². The van der Waals surface area contributed by atoms with Crippen LogP contribution in [0.25, 0.3) is 0 Å². The maximum atomic E-state index is 11.0. The van der Waals surface area contributed by atoms with Crippen molar-refractivity contribution in [1.29, 1.82) is 0 Å². The quantitative estimate of drug-likeness (QED) is 0.292. The Balaban J connectivity index is 3.09. The summed E-state index contributed by atoms with van der Waals surface area (Å²) in [5.74, 6) is -0.0460. The summed E-state index contributed by atoms with van der Waals surface area (Å²) in [4.78, 5) is 0. The van der Waals surface area contributed by atoms with Crippen molar-refractivity contribution in [1.82, 2.24) is 5.32 Å². The molecule has 0 saturated heterocycles. The van der Waals surface area contributed by atoms with E-state index in [9.17, 15) is 8.42 Å². The second-order valence-corrected chi connectivity index (χ2v) is 5.87. The summed E-state index contributed by atoms with van der Waals surface area (Å²) >= 11 is 0. The molecule has 0 aromatic carbocycles. The van der Waals surface area contributed by atoms with E-state index in [-0.39, 0.29) is 5.75 Å². The van der Waals surface area contributed by atoms with Crippen LogP contribution < -0.4 is 5.32 Å². The smallest absolute Gasteiger partial charge is 0.268 e. The fourth-order valence-corrected chi connectivity index (χ4v) is 1.79. The number of nitrogens with one attached hydrogen (secondary N) is 1. The third-order valence-corrected chi connectivity index (χ3v) is 3.59. The Hall–Kier alpha value is -0.290. The molecule has 0 unspecified atom stereocenters. The Morgan fingerprint density at radius 3 is 1.81 bits per heavy atom. The van der Waals surface area contributed by atoms with Gasteiger partial charge in [-0.15, -0.1) is 0 Å². The Labute approximate surface area is 127 Å². The lowest BCUT2D eigenvalue weighted by molar-refractivity contribution is 0.00414. The highest BCUT2D eigenvalue weighted by Gasteiger charge is 2.06. The van der Waals surface area contributed by atoms with Crippen molar-refractivity contribution in [2.24, 2.45) is 0 Å². The van der Waals surface area contributed by atoms with Gasteiger partial charge in [0.05, 0.1) is 59.1 Å². The van der Waals surface area contributed by atoms with E-state index in [2.05, 4.69) is 9.50 Å². The average molecular weight is 329 g/mol. The molecule has 0 saturated carbocycles. The number of ether oxygens (including phenoxy) is 4. The molecule has 0 radical (unpaired) electrons. The first-order chi connectivity index (χ1) is 10.1. The van der Waals surface area contributed by atoms with Gasteiger partial charge in [-0.25, -0.2) is 0 Å². The van der Waals surface area contributed by atoms with Gasteiger partial charge >= 0.3 is 0 Å². The summed E-state index contributed by atoms with van der Waals surface area (Å²) in [6.07, 6.45) is 0. The van der Waals surface area contributed by atoms with Crippen molar-refractivity contribution in [2.45, 2.75) is 0 Å². The molecule has 128 valence electrons. The minimum atomic E-state index is -3.38. The van der Waals surface area contributed by atoms with Gasteiger partial charge in [0.1, 0.15) is 0 Å². The lowest BCUT2D eigenvalue weighted by atomic mass is 10.6. The summed E-state index contributed by atoms with van der Waals surface area (Å²) in [7, 11) is -0.597. The van der Waals surface area contributed by atoms with E-state index in [4.69, 9.17) is 18.9 Å². The molecule has 8 nitrogen and oxygen atoms in total. The molecule has 0 aliphatic carbocycles. The first-order valence-corrected chi connectivity index (χ1v) is 8.41. The number of methoxy groups -OCH3 is 1. The van der Waals surface area contributed by atoms with Gasteiger partial charge < -0.3 is 24.3 Å². The SMILES string of the molecule is COCCOCCOCCOCCNCCS(=O)(=O)OC. The maximum absolute atomic E-state index is 11.0. The van der Waals surface area contributed by atoms with Crippen LogP contribution in [0.4, 0.5) is 0 Å². The molecule has 21 heavy (non-hydrogen) atoms. The zero-order chi connectivity index (χ0) is 15.8. The molecule has 0 aromatic rings. The van der Waals surface area contributed by atoms with E-state index < -0.39 is 10.1 Å². The number of hydrogen-bond donors (Lipinski definition) is 1. The molecule has 0 aliphatic rings. The largest absolute Gasteiger partial charge is 0.382 e. The van der Waals surface area contributed by atoms with E-state index in [1.54, 1.807) is 7.11 Å². The molecule has 0 fully saturated rings. The third kappa shape index (κ3) is 15.9. The van der Waals surface area contributed by atoms with Crippen LogP contribution in [0, 0.1) is 0 Å². The highest BCUT2D eigenvalue weighted by atomic mass is 32.2. The Morgan fingerprint density at radius 2 is 1.29 bits per heavy atom. The van der Waals surface area contributed by atoms with Gasteiger partial charge in [0.25, 0.3) is 10.1 Å². The minimum Gasteiger partial charge on any atom is -0.382 e. The zero-order valence-corrected chi connectivity index (χ0v) is 13.7. The molecular weight excluding hydrogens is 302 g/mol. The Bertz CT molecular complexity index is 311. The first-order valence-electron chi connectivity index (χ1n) is 6.83. The van der Waals surface area contributed by atoms with Crippen molar-refractivity contribution in [3.8, 4) is 0 Å². The summed E-state index contributed by atoms with van der Waals surface area (Å²) in [5.41, 5.74) is 0. The normalized spacial score (nSPS) is 11.9. The van der Waals surface area contributed by atoms with Crippen LogP contribution in [0.2, 0.25) is 0 Å². The van der Waals surface area contributed by atoms with E-state index in [0.29, 0.717) is 59.3 Å². The monoisotopic (exact) mass is 329 g/mol. The van der Waals surface area contributed by atoms with Crippen molar-refractivity contribution in [2.75, 3.05) is 79.3 Å². The standard InChI is InChI=1S/C12H27NO7S/c1-16-6-7-19-10-11-20-9-8-18-5-3-13-4-12-21(14,15)17-2/h13H,3-12H2,1-2H3. The minimum absolute atomic E-state index is 0.0460. The fourth-order valence-electron chi connectivity index (χ4n) is 1.23. The van der Waals surface area contributed by atoms with Crippen LogP contribution in [0.3, 0.4) is 0 Å².